The lowest BCUT2D eigenvalue weighted by Gasteiger charge is -2.12. The summed E-state index contributed by atoms with van der Waals surface area (Å²) in [5.74, 6) is 0.325. The van der Waals surface area contributed by atoms with Gasteiger partial charge in [0.2, 0.25) is 5.91 Å². The van der Waals surface area contributed by atoms with Crippen LogP contribution in [0.2, 0.25) is 0 Å². The lowest BCUT2D eigenvalue weighted by molar-refractivity contribution is -0.116. The van der Waals surface area contributed by atoms with Crippen LogP contribution in [0.4, 0.5) is 5.82 Å². The number of hydrogen-bond donors (Lipinski definition) is 2. The van der Waals surface area contributed by atoms with Gasteiger partial charge in [0.15, 0.2) is 0 Å². The summed E-state index contributed by atoms with van der Waals surface area (Å²) in [6, 6.07) is 10.8. The van der Waals surface area contributed by atoms with Crippen molar-refractivity contribution in [2.75, 3.05) is 11.9 Å². The summed E-state index contributed by atoms with van der Waals surface area (Å²) in [7, 11) is 0. The Morgan fingerprint density at radius 3 is 2.59 bits per heavy atom. The van der Waals surface area contributed by atoms with Crippen molar-refractivity contribution in [3.8, 4) is 0 Å². The van der Waals surface area contributed by atoms with Gasteiger partial charge in [0.25, 0.3) is 5.91 Å². The number of carbonyl (C=O) groups is 2. The zero-order chi connectivity index (χ0) is 15.9. The van der Waals surface area contributed by atoms with E-state index in [2.05, 4.69) is 15.7 Å². The third kappa shape index (κ3) is 4.18. The lowest BCUT2D eigenvalue weighted by Crippen LogP contribution is -2.28. The molecule has 1 aromatic heterocycles. The number of nitrogens with one attached hydrogen (secondary N) is 2. The summed E-state index contributed by atoms with van der Waals surface area (Å²) in [4.78, 5) is 23.7. The first kappa shape index (κ1) is 15.8. The van der Waals surface area contributed by atoms with Gasteiger partial charge in [0.05, 0.1) is 6.20 Å². The summed E-state index contributed by atoms with van der Waals surface area (Å²) in [5, 5.41) is 9.67. The number of nitrogens with zero attached hydrogens (tertiary/aromatic N) is 2. The lowest BCUT2D eigenvalue weighted by atomic mass is 10.2. The minimum atomic E-state index is -0.180. The van der Waals surface area contributed by atoms with Crippen molar-refractivity contribution in [2.24, 2.45) is 0 Å². The van der Waals surface area contributed by atoms with E-state index in [9.17, 15) is 9.59 Å². The second-order valence-electron chi connectivity index (χ2n) is 5.17. The maximum Gasteiger partial charge on any atom is 0.251 e. The fourth-order valence-electron chi connectivity index (χ4n) is 2.01. The molecule has 0 aliphatic heterocycles. The average Bonchev–Trinajstić information content (AvgIpc) is 2.96. The van der Waals surface area contributed by atoms with Gasteiger partial charge in [0, 0.05) is 30.6 Å². The van der Waals surface area contributed by atoms with Crippen molar-refractivity contribution in [1.29, 1.82) is 0 Å². The summed E-state index contributed by atoms with van der Waals surface area (Å²) < 4.78 is 1.74. The Kier molecular flexibility index (Phi) is 5.30. The largest absolute Gasteiger partial charge is 0.352 e. The van der Waals surface area contributed by atoms with Crippen LogP contribution < -0.4 is 10.6 Å². The van der Waals surface area contributed by atoms with E-state index < -0.39 is 0 Å². The van der Waals surface area contributed by atoms with E-state index in [0.29, 0.717) is 11.4 Å². The number of hydrogen-bond acceptors (Lipinski definition) is 3. The van der Waals surface area contributed by atoms with Crippen LogP contribution in [0.5, 0.6) is 0 Å². The van der Waals surface area contributed by atoms with Gasteiger partial charge in [-0.2, -0.15) is 5.10 Å². The number of carbonyl (C=O) groups excluding carboxylic acids is 2. The normalized spacial score (nSPS) is 10.5. The van der Waals surface area contributed by atoms with Crippen LogP contribution in [0, 0.1) is 0 Å². The van der Waals surface area contributed by atoms with Crippen LogP contribution >= 0.6 is 0 Å². The van der Waals surface area contributed by atoms with Crippen molar-refractivity contribution < 1.29 is 9.59 Å². The first-order valence-electron chi connectivity index (χ1n) is 7.24. The molecule has 0 spiro atoms. The Bertz CT molecular complexity index is 635. The minimum Gasteiger partial charge on any atom is -0.352 e. The third-order valence-electron chi connectivity index (χ3n) is 3.10. The van der Waals surface area contributed by atoms with E-state index in [-0.39, 0.29) is 30.8 Å². The number of anilines is 1. The van der Waals surface area contributed by atoms with Gasteiger partial charge in [-0.1, -0.05) is 18.2 Å². The maximum atomic E-state index is 11.9. The van der Waals surface area contributed by atoms with Crippen molar-refractivity contribution in [3.63, 3.8) is 0 Å². The van der Waals surface area contributed by atoms with Gasteiger partial charge >= 0.3 is 0 Å². The molecular formula is C16H20N4O2. The predicted molar refractivity (Wildman–Crippen MR) is 84.6 cm³/mol. The Morgan fingerprint density at radius 2 is 1.91 bits per heavy atom. The molecule has 0 aliphatic rings. The molecule has 0 atom stereocenters. The summed E-state index contributed by atoms with van der Waals surface area (Å²) in [6.07, 6.45) is 1.86. The molecular weight excluding hydrogens is 280 g/mol. The van der Waals surface area contributed by atoms with Crippen molar-refractivity contribution in [3.05, 3.63) is 48.2 Å². The fraction of sp³-hybridized carbons (Fsp3) is 0.312. The molecule has 116 valence electrons. The number of aromatic nitrogens is 2. The number of rotatable bonds is 6. The first-order chi connectivity index (χ1) is 10.6. The van der Waals surface area contributed by atoms with Gasteiger partial charge in [-0.15, -0.1) is 0 Å². The van der Waals surface area contributed by atoms with Gasteiger partial charge in [-0.25, -0.2) is 4.68 Å². The van der Waals surface area contributed by atoms with E-state index >= 15 is 0 Å². The third-order valence-corrected chi connectivity index (χ3v) is 3.10. The molecule has 2 aromatic rings. The topological polar surface area (TPSA) is 76.0 Å². The van der Waals surface area contributed by atoms with Crippen LogP contribution in [-0.4, -0.2) is 28.1 Å². The smallest absolute Gasteiger partial charge is 0.251 e. The monoisotopic (exact) mass is 300 g/mol. The van der Waals surface area contributed by atoms with E-state index in [4.69, 9.17) is 0 Å². The SMILES string of the molecule is CC(C)n1nccc1NC(=O)CCNC(=O)c1ccccc1. The van der Waals surface area contributed by atoms with Gasteiger partial charge in [0.1, 0.15) is 5.82 Å². The molecule has 0 aliphatic carbocycles. The highest BCUT2D eigenvalue weighted by atomic mass is 16.2. The number of amides is 2. The standard InChI is InChI=1S/C16H20N4O2/c1-12(2)20-14(8-11-18-20)19-15(21)9-10-17-16(22)13-6-4-3-5-7-13/h3-8,11-12H,9-10H2,1-2H3,(H,17,22)(H,19,21). The van der Waals surface area contributed by atoms with Crippen LogP contribution in [0.25, 0.3) is 0 Å². The highest BCUT2D eigenvalue weighted by Crippen LogP contribution is 2.12. The zero-order valence-electron chi connectivity index (χ0n) is 12.7. The van der Waals surface area contributed by atoms with Gasteiger partial charge in [-0.05, 0) is 26.0 Å². The molecule has 0 saturated carbocycles. The van der Waals surface area contributed by atoms with Crippen molar-refractivity contribution in [1.82, 2.24) is 15.1 Å². The summed E-state index contributed by atoms with van der Waals surface area (Å²) >= 11 is 0. The second-order valence-corrected chi connectivity index (χ2v) is 5.17. The van der Waals surface area contributed by atoms with E-state index in [1.54, 1.807) is 41.2 Å². The molecule has 2 rings (SSSR count). The summed E-state index contributed by atoms with van der Waals surface area (Å²) in [6.45, 7) is 4.26. The first-order valence-corrected chi connectivity index (χ1v) is 7.24. The fourth-order valence-corrected chi connectivity index (χ4v) is 2.01. The maximum absolute atomic E-state index is 11.9. The van der Waals surface area contributed by atoms with Gasteiger partial charge < -0.3 is 10.6 Å². The average molecular weight is 300 g/mol. The second kappa shape index (κ2) is 7.40. The molecule has 0 fully saturated rings. The number of benzene rings is 1. The molecule has 0 saturated heterocycles. The molecule has 0 unspecified atom stereocenters. The van der Waals surface area contributed by atoms with E-state index in [1.165, 1.54) is 0 Å². The molecule has 6 heteroatoms. The van der Waals surface area contributed by atoms with Crippen molar-refractivity contribution in [2.45, 2.75) is 26.3 Å². The molecule has 6 nitrogen and oxygen atoms in total. The molecule has 0 radical (unpaired) electrons. The zero-order valence-corrected chi connectivity index (χ0v) is 12.7. The molecule has 1 aromatic carbocycles. The Morgan fingerprint density at radius 1 is 1.18 bits per heavy atom. The van der Waals surface area contributed by atoms with Crippen LogP contribution in [-0.2, 0) is 4.79 Å². The Hall–Kier alpha value is -2.63. The van der Waals surface area contributed by atoms with E-state index in [1.807, 2.05) is 19.9 Å². The molecule has 1 heterocycles. The van der Waals surface area contributed by atoms with Gasteiger partial charge in [-0.3, -0.25) is 9.59 Å². The molecule has 2 N–H and O–H groups in total. The molecule has 2 amide bonds. The summed E-state index contributed by atoms with van der Waals surface area (Å²) in [5.41, 5.74) is 0.584. The van der Waals surface area contributed by atoms with Crippen LogP contribution in [0.15, 0.2) is 42.6 Å². The minimum absolute atomic E-state index is 0.157. The van der Waals surface area contributed by atoms with Crippen LogP contribution in [0.1, 0.15) is 36.7 Å². The molecule has 0 bridgehead atoms. The molecule has 22 heavy (non-hydrogen) atoms. The Balaban J connectivity index is 1.79. The van der Waals surface area contributed by atoms with Crippen LogP contribution in [0.3, 0.4) is 0 Å². The van der Waals surface area contributed by atoms with E-state index in [0.717, 1.165) is 0 Å². The highest BCUT2D eigenvalue weighted by Gasteiger charge is 2.10. The highest BCUT2D eigenvalue weighted by molar-refractivity contribution is 5.95. The quantitative estimate of drug-likeness (QED) is 0.859. The Labute approximate surface area is 129 Å². The predicted octanol–water partition coefficient (Wildman–Crippen LogP) is 2.22. The van der Waals surface area contributed by atoms with Crippen molar-refractivity contribution >= 4 is 17.6 Å².